The molecule has 0 aliphatic rings. The molecule has 0 amide bonds. The lowest BCUT2D eigenvalue weighted by Crippen LogP contribution is -1.99. The van der Waals surface area contributed by atoms with E-state index in [1.807, 2.05) is 31.2 Å². The zero-order valence-electron chi connectivity index (χ0n) is 11.6. The van der Waals surface area contributed by atoms with Crippen LogP contribution in [-0.2, 0) is 0 Å². The summed E-state index contributed by atoms with van der Waals surface area (Å²) in [6.45, 7) is 2.04. The fourth-order valence-electron chi connectivity index (χ4n) is 2.24. The zero-order chi connectivity index (χ0) is 15.0. The van der Waals surface area contributed by atoms with Crippen LogP contribution in [0.1, 0.15) is 5.56 Å². The quantitative estimate of drug-likeness (QED) is 0.726. The van der Waals surface area contributed by atoms with E-state index in [4.69, 9.17) is 23.2 Å². The smallest absolute Gasteiger partial charge is 0.223 e. The van der Waals surface area contributed by atoms with Gasteiger partial charge in [0.2, 0.25) is 5.95 Å². The van der Waals surface area contributed by atoms with E-state index in [0.717, 1.165) is 27.7 Å². The Balaban J connectivity index is 2.36. The van der Waals surface area contributed by atoms with E-state index in [1.54, 1.807) is 13.1 Å². The highest BCUT2D eigenvalue weighted by Crippen LogP contribution is 2.34. The first kappa shape index (κ1) is 14.1. The highest BCUT2D eigenvalue weighted by Gasteiger charge is 2.12. The molecule has 2 aromatic carbocycles. The van der Waals surface area contributed by atoms with Crippen LogP contribution < -0.4 is 5.32 Å². The van der Waals surface area contributed by atoms with E-state index in [0.29, 0.717) is 16.0 Å². The molecule has 0 bridgehead atoms. The Kier molecular flexibility index (Phi) is 3.70. The van der Waals surface area contributed by atoms with Crippen molar-refractivity contribution in [2.45, 2.75) is 6.92 Å². The summed E-state index contributed by atoms with van der Waals surface area (Å²) in [5.41, 5.74) is 3.67. The third-order valence-corrected chi connectivity index (χ3v) is 3.81. The topological polar surface area (TPSA) is 37.8 Å². The number of nitrogens with zero attached hydrogens (tertiary/aromatic N) is 2. The first-order chi connectivity index (χ1) is 10.1. The first-order valence-corrected chi connectivity index (χ1v) is 7.25. The van der Waals surface area contributed by atoms with Crippen LogP contribution in [0.5, 0.6) is 0 Å². The lowest BCUT2D eigenvalue weighted by molar-refractivity contribution is 1.19. The molecule has 1 N–H and O–H groups in total. The number of rotatable bonds is 2. The molecular formula is C16H13Cl2N3. The second-order valence-corrected chi connectivity index (χ2v) is 5.63. The molecule has 1 heterocycles. The number of benzene rings is 2. The fraction of sp³-hybridized carbons (Fsp3) is 0.125. The molecule has 0 fully saturated rings. The molecule has 21 heavy (non-hydrogen) atoms. The largest absolute Gasteiger partial charge is 0.357 e. The van der Waals surface area contributed by atoms with Gasteiger partial charge >= 0.3 is 0 Å². The van der Waals surface area contributed by atoms with E-state index in [1.165, 1.54) is 0 Å². The van der Waals surface area contributed by atoms with Gasteiger partial charge in [0.25, 0.3) is 0 Å². The Morgan fingerprint density at radius 1 is 1.00 bits per heavy atom. The summed E-state index contributed by atoms with van der Waals surface area (Å²) in [4.78, 5) is 9.05. The van der Waals surface area contributed by atoms with Gasteiger partial charge in [-0.1, -0.05) is 34.8 Å². The monoisotopic (exact) mass is 317 g/mol. The van der Waals surface area contributed by atoms with Gasteiger partial charge in [-0.2, -0.15) is 0 Å². The lowest BCUT2D eigenvalue weighted by Gasteiger charge is -2.10. The number of halogens is 2. The van der Waals surface area contributed by atoms with Gasteiger partial charge in [0.1, 0.15) is 0 Å². The molecule has 3 aromatic rings. The van der Waals surface area contributed by atoms with Gasteiger partial charge in [0.15, 0.2) is 0 Å². The molecule has 5 heteroatoms. The minimum atomic E-state index is 0.562. The maximum Gasteiger partial charge on any atom is 0.223 e. The molecule has 3 rings (SSSR count). The number of aryl methyl sites for hydroxylation is 1. The van der Waals surface area contributed by atoms with Gasteiger partial charge in [-0.25, -0.2) is 9.97 Å². The molecule has 0 aliphatic carbocycles. The number of aromatic nitrogens is 2. The van der Waals surface area contributed by atoms with E-state index in [9.17, 15) is 0 Å². The van der Waals surface area contributed by atoms with Crippen LogP contribution in [0.2, 0.25) is 10.0 Å². The highest BCUT2D eigenvalue weighted by atomic mass is 35.5. The third kappa shape index (κ3) is 2.67. The summed E-state index contributed by atoms with van der Waals surface area (Å²) >= 11 is 12.3. The number of anilines is 1. The predicted octanol–water partition coefficient (Wildman–Crippen LogP) is 4.95. The Morgan fingerprint density at radius 2 is 1.81 bits per heavy atom. The Morgan fingerprint density at radius 3 is 2.52 bits per heavy atom. The van der Waals surface area contributed by atoms with Gasteiger partial charge in [-0.3, -0.25) is 0 Å². The summed E-state index contributed by atoms with van der Waals surface area (Å²) in [5, 5.41) is 5.13. The van der Waals surface area contributed by atoms with Crippen LogP contribution in [0, 0.1) is 6.92 Å². The van der Waals surface area contributed by atoms with Crippen LogP contribution in [0.4, 0.5) is 5.95 Å². The van der Waals surface area contributed by atoms with Gasteiger partial charge < -0.3 is 5.32 Å². The number of fused-ring (bicyclic) bond motifs is 1. The van der Waals surface area contributed by atoms with Crippen LogP contribution in [-0.4, -0.2) is 17.0 Å². The van der Waals surface area contributed by atoms with Crippen LogP contribution >= 0.6 is 23.2 Å². The Labute approximate surface area is 132 Å². The van der Waals surface area contributed by atoms with Crippen molar-refractivity contribution in [1.82, 2.24) is 9.97 Å². The molecular weight excluding hydrogens is 305 g/mol. The van der Waals surface area contributed by atoms with Crippen molar-refractivity contribution in [2.75, 3.05) is 12.4 Å². The average Bonchev–Trinajstić information content (AvgIpc) is 2.46. The van der Waals surface area contributed by atoms with Crippen molar-refractivity contribution in [3.8, 4) is 11.3 Å². The van der Waals surface area contributed by atoms with Crippen molar-refractivity contribution < 1.29 is 0 Å². The lowest BCUT2D eigenvalue weighted by atomic mass is 10.0. The van der Waals surface area contributed by atoms with E-state index in [-0.39, 0.29) is 0 Å². The van der Waals surface area contributed by atoms with Crippen molar-refractivity contribution in [2.24, 2.45) is 0 Å². The Bertz CT molecular complexity index is 831. The molecule has 0 saturated heterocycles. The zero-order valence-corrected chi connectivity index (χ0v) is 13.1. The fourth-order valence-corrected chi connectivity index (χ4v) is 2.74. The van der Waals surface area contributed by atoms with Crippen LogP contribution in [0.15, 0.2) is 36.4 Å². The van der Waals surface area contributed by atoms with Gasteiger partial charge in [-0.15, -0.1) is 0 Å². The van der Waals surface area contributed by atoms with E-state index < -0.39 is 0 Å². The van der Waals surface area contributed by atoms with Crippen molar-refractivity contribution in [1.29, 1.82) is 0 Å². The number of hydrogen-bond donors (Lipinski definition) is 1. The summed E-state index contributed by atoms with van der Waals surface area (Å²) in [5.74, 6) is 0.562. The number of nitrogens with one attached hydrogen (secondary N) is 1. The Hall–Kier alpha value is -1.84. The molecule has 3 nitrogen and oxygen atoms in total. The minimum Gasteiger partial charge on any atom is -0.357 e. The van der Waals surface area contributed by atoms with Crippen LogP contribution in [0.3, 0.4) is 0 Å². The minimum absolute atomic E-state index is 0.562. The second kappa shape index (κ2) is 5.51. The molecule has 1 aromatic heterocycles. The maximum atomic E-state index is 6.33. The first-order valence-electron chi connectivity index (χ1n) is 6.50. The molecule has 0 spiro atoms. The molecule has 0 aliphatic heterocycles. The molecule has 0 saturated carbocycles. The van der Waals surface area contributed by atoms with E-state index >= 15 is 0 Å². The second-order valence-electron chi connectivity index (χ2n) is 4.79. The summed E-state index contributed by atoms with van der Waals surface area (Å²) < 4.78 is 0. The SMILES string of the molecule is CNc1nc(-c2ccc(Cl)cc2Cl)c2cc(C)ccc2n1. The van der Waals surface area contributed by atoms with Crippen molar-refractivity contribution in [3.05, 3.63) is 52.0 Å². The van der Waals surface area contributed by atoms with Crippen molar-refractivity contribution in [3.63, 3.8) is 0 Å². The molecule has 0 unspecified atom stereocenters. The summed E-state index contributed by atoms with van der Waals surface area (Å²) in [7, 11) is 1.79. The van der Waals surface area contributed by atoms with Gasteiger partial charge in [0.05, 0.1) is 16.2 Å². The average molecular weight is 318 g/mol. The summed E-state index contributed by atoms with van der Waals surface area (Å²) in [6, 6.07) is 11.5. The van der Waals surface area contributed by atoms with Crippen molar-refractivity contribution >= 4 is 40.1 Å². The molecule has 0 atom stereocenters. The highest BCUT2D eigenvalue weighted by molar-refractivity contribution is 6.36. The standard InChI is InChI=1S/C16H13Cl2N3/c1-9-3-6-14-12(7-9)15(21-16(19-2)20-14)11-5-4-10(17)8-13(11)18/h3-8H,1-2H3,(H,19,20,21). The van der Waals surface area contributed by atoms with E-state index in [2.05, 4.69) is 21.4 Å². The summed E-state index contributed by atoms with van der Waals surface area (Å²) in [6.07, 6.45) is 0. The predicted molar refractivity (Wildman–Crippen MR) is 89.3 cm³/mol. The third-order valence-electron chi connectivity index (χ3n) is 3.26. The normalized spacial score (nSPS) is 10.9. The molecule has 106 valence electrons. The van der Waals surface area contributed by atoms with Crippen LogP contribution in [0.25, 0.3) is 22.2 Å². The maximum absolute atomic E-state index is 6.33. The number of hydrogen-bond acceptors (Lipinski definition) is 3. The van der Waals surface area contributed by atoms with Gasteiger partial charge in [-0.05, 0) is 37.3 Å². The molecule has 0 radical (unpaired) electrons. The van der Waals surface area contributed by atoms with Gasteiger partial charge in [0, 0.05) is 23.0 Å².